The number of ether oxygens (including phenoxy) is 1. The Hall–Kier alpha value is -1.03. The Labute approximate surface area is 123 Å². The van der Waals surface area contributed by atoms with E-state index in [4.69, 9.17) is 9.84 Å². The molecule has 1 saturated heterocycles. The van der Waals surface area contributed by atoms with Gasteiger partial charge in [0.05, 0.1) is 18.5 Å². The largest absolute Gasteiger partial charge is 0.394 e. The van der Waals surface area contributed by atoms with E-state index in [0.717, 1.165) is 0 Å². The van der Waals surface area contributed by atoms with Crippen molar-refractivity contribution in [2.24, 2.45) is 0 Å². The second kappa shape index (κ2) is 5.76. The molecule has 0 radical (unpaired) electrons. The molecular formula is C11H13ClN2O5S. The van der Waals surface area contributed by atoms with Crippen LogP contribution >= 0.6 is 23.7 Å². The fourth-order valence-corrected chi connectivity index (χ4v) is 3.18. The van der Waals surface area contributed by atoms with Crippen LogP contribution in [0, 0.1) is 0 Å². The highest BCUT2D eigenvalue weighted by Crippen LogP contribution is 2.37. The number of aromatic nitrogens is 2. The molecule has 0 amide bonds. The number of nitrogens with one attached hydrogen (secondary N) is 1. The monoisotopic (exact) mass is 320 g/mol. The van der Waals surface area contributed by atoms with Crippen LogP contribution in [0.1, 0.15) is 11.7 Å². The van der Waals surface area contributed by atoms with Crippen molar-refractivity contribution in [2.75, 3.05) is 6.61 Å². The summed E-state index contributed by atoms with van der Waals surface area (Å²) in [7, 11) is 0. The van der Waals surface area contributed by atoms with Gasteiger partial charge >= 0.3 is 0 Å². The maximum atomic E-state index is 11.6. The number of hydrogen-bond acceptors (Lipinski definition) is 7. The minimum atomic E-state index is -1.16. The van der Waals surface area contributed by atoms with E-state index in [1.807, 2.05) is 0 Å². The molecule has 0 aromatic carbocycles. The second-order valence-electron chi connectivity index (χ2n) is 4.36. The summed E-state index contributed by atoms with van der Waals surface area (Å²) in [5, 5.41) is 30.4. The van der Waals surface area contributed by atoms with E-state index in [0.29, 0.717) is 15.8 Å². The molecule has 110 valence electrons. The molecule has 1 aliphatic rings. The standard InChI is InChI=1S/C11H12N2O5S.ClH/c14-1-5-7(15)8(16)9(18-5)4-2-19-10-6(4)12-3-13-11(10)17;/h2-3,5,7-9,14-16H,1H2,(H,12,13,17);1H/t5-,7-,8-,9+;/m1./s1. The molecule has 3 heterocycles. The third-order valence-corrected chi connectivity index (χ3v) is 4.22. The van der Waals surface area contributed by atoms with Gasteiger partial charge in [0.1, 0.15) is 29.1 Å². The zero-order valence-corrected chi connectivity index (χ0v) is 11.7. The van der Waals surface area contributed by atoms with Gasteiger partial charge in [-0.1, -0.05) is 0 Å². The second-order valence-corrected chi connectivity index (χ2v) is 5.24. The van der Waals surface area contributed by atoms with Crippen LogP contribution in [0.4, 0.5) is 0 Å². The predicted octanol–water partition coefficient (Wildman–Crippen LogP) is -0.440. The van der Waals surface area contributed by atoms with Gasteiger partial charge in [-0.25, -0.2) is 4.98 Å². The van der Waals surface area contributed by atoms with Crippen LogP contribution in [-0.2, 0) is 4.74 Å². The number of aromatic amines is 1. The Kier molecular flexibility index (Phi) is 4.43. The summed E-state index contributed by atoms with van der Waals surface area (Å²) < 4.78 is 5.87. The van der Waals surface area contributed by atoms with Gasteiger partial charge in [0.15, 0.2) is 0 Å². The molecule has 4 atom stereocenters. The lowest BCUT2D eigenvalue weighted by molar-refractivity contribution is -0.0223. The van der Waals surface area contributed by atoms with Gasteiger partial charge in [-0.3, -0.25) is 4.79 Å². The lowest BCUT2D eigenvalue weighted by atomic mass is 10.0. The first-order chi connectivity index (χ1) is 9.13. The minimum absolute atomic E-state index is 0. The SMILES string of the molecule is Cl.O=c1[nH]cnc2c([C@@H]3O[C@H](CO)[C@@H](O)[C@H]3O)csc12. The summed E-state index contributed by atoms with van der Waals surface area (Å²) in [6.07, 6.45) is -2.67. The summed E-state index contributed by atoms with van der Waals surface area (Å²) in [4.78, 5) is 18.1. The van der Waals surface area contributed by atoms with Crippen LogP contribution in [0.15, 0.2) is 16.5 Å². The van der Waals surface area contributed by atoms with Crippen molar-refractivity contribution in [3.63, 3.8) is 0 Å². The van der Waals surface area contributed by atoms with E-state index < -0.39 is 24.4 Å². The molecule has 0 aliphatic carbocycles. The van der Waals surface area contributed by atoms with E-state index in [1.165, 1.54) is 17.7 Å². The molecule has 0 saturated carbocycles. The fourth-order valence-electron chi connectivity index (χ4n) is 2.24. The number of thiophene rings is 1. The summed E-state index contributed by atoms with van der Waals surface area (Å²) in [6, 6.07) is 0. The lowest BCUT2D eigenvalue weighted by Crippen LogP contribution is -2.32. The number of rotatable bonds is 2. The molecule has 1 fully saturated rings. The van der Waals surface area contributed by atoms with E-state index >= 15 is 0 Å². The first-order valence-electron chi connectivity index (χ1n) is 5.70. The van der Waals surface area contributed by atoms with Gasteiger partial charge in [-0.05, 0) is 5.38 Å². The topological polar surface area (TPSA) is 116 Å². The highest BCUT2D eigenvalue weighted by Gasteiger charge is 2.44. The number of fused-ring (bicyclic) bond motifs is 1. The highest BCUT2D eigenvalue weighted by molar-refractivity contribution is 7.17. The fraction of sp³-hybridized carbons (Fsp3) is 0.455. The van der Waals surface area contributed by atoms with Crippen LogP contribution in [0.25, 0.3) is 10.2 Å². The van der Waals surface area contributed by atoms with Crippen molar-refractivity contribution >= 4 is 34.0 Å². The van der Waals surface area contributed by atoms with Crippen LogP contribution in [0.5, 0.6) is 0 Å². The van der Waals surface area contributed by atoms with Crippen LogP contribution in [0.3, 0.4) is 0 Å². The number of halogens is 1. The molecule has 7 nitrogen and oxygen atoms in total. The molecule has 2 aromatic heterocycles. The van der Waals surface area contributed by atoms with E-state index in [9.17, 15) is 15.0 Å². The summed E-state index contributed by atoms with van der Waals surface area (Å²) >= 11 is 1.20. The quantitative estimate of drug-likeness (QED) is 0.596. The Morgan fingerprint density at radius 2 is 2.15 bits per heavy atom. The third-order valence-electron chi connectivity index (χ3n) is 3.24. The molecule has 0 unspecified atom stereocenters. The van der Waals surface area contributed by atoms with Crippen molar-refractivity contribution in [3.8, 4) is 0 Å². The first kappa shape index (κ1) is 15.4. The van der Waals surface area contributed by atoms with E-state index in [2.05, 4.69) is 9.97 Å². The molecule has 0 spiro atoms. The van der Waals surface area contributed by atoms with Gasteiger partial charge in [0, 0.05) is 5.56 Å². The van der Waals surface area contributed by atoms with E-state index in [-0.39, 0.29) is 24.6 Å². The molecule has 4 N–H and O–H groups in total. The van der Waals surface area contributed by atoms with Gasteiger partial charge in [-0.2, -0.15) is 0 Å². The third kappa shape index (κ3) is 2.24. The van der Waals surface area contributed by atoms with Crippen molar-refractivity contribution in [2.45, 2.75) is 24.4 Å². The van der Waals surface area contributed by atoms with Crippen molar-refractivity contribution in [1.82, 2.24) is 9.97 Å². The van der Waals surface area contributed by atoms with Crippen LogP contribution in [0.2, 0.25) is 0 Å². The summed E-state index contributed by atoms with van der Waals surface area (Å²) in [6.45, 7) is -0.384. The van der Waals surface area contributed by atoms with Crippen molar-refractivity contribution in [1.29, 1.82) is 0 Å². The smallest absolute Gasteiger partial charge is 0.268 e. The normalized spacial score (nSPS) is 29.6. The first-order valence-corrected chi connectivity index (χ1v) is 6.58. The molecule has 9 heteroatoms. The van der Waals surface area contributed by atoms with Crippen molar-refractivity contribution in [3.05, 3.63) is 27.6 Å². The Morgan fingerprint density at radius 3 is 2.80 bits per heavy atom. The maximum absolute atomic E-state index is 11.6. The lowest BCUT2D eigenvalue weighted by Gasteiger charge is -2.13. The van der Waals surface area contributed by atoms with E-state index in [1.54, 1.807) is 5.38 Å². The maximum Gasteiger partial charge on any atom is 0.268 e. The molecule has 1 aliphatic heterocycles. The number of nitrogens with zero attached hydrogens (tertiary/aromatic N) is 1. The molecule has 20 heavy (non-hydrogen) atoms. The highest BCUT2D eigenvalue weighted by atomic mass is 35.5. The molecular weight excluding hydrogens is 308 g/mol. The van der Waals surface area contributed by atoms with Crippen molar-refractivity contribution < 1.29 is 20.1 Å². The minimum Gasteiger partial charge on any atom is -0.394 e. The zero-order chi connectivity index (χ0) is 13.6. The van der Waals surface area contributed by atoms with Gasteiger partial charge in [0.2, 0.25) is 0 Å². The number of aliphatic hydroxyl groups is 3. The molecule has 2 aromatic rings. The van der Waals surface area contributed by atoms with Crippen LogP contribution in [-0.4, -0.2) is 50.2 Å². The molecule has 3 rings (SSSR count). The van der Waals surface area contributed by atoms with Gasteiger partial charge in [0.25, 0.3) is 5.56 Å². The Balaban J connectivity index is 0.00000147. The average Bonchev–Trinajstić information content (AvgIpc) is 2.94. The Morgan fingerprint density at radius 1 is 1.40 bits per heavy atom. The number of H-pyrrole nitrogens is 1. The van der Waals surface area contributed by atoms with Gasteiger partial charge in [-0.15, -0.1) is 23.7 Å². The average molecular weight is 321 g/mol. The zero-order valence-electron chi connectivity index (χ0n) is 10.1. The van der Waals surface area contributed by atoms with Gasteiger partial charge < -0.3 is 25.0 Å². The van der Waals surface area contributed by atoms with Crippen LogP contribution < -0.4 is 5.56 Å². The predicted molar refractivity (Wildman–Crippen MR) is 74.2 cm³/mol. The molecule has 0 bridgehead atoms. The number of aliphatic hydroxyl groups excluding tert-OH is 3. The Bertz CT molecular complexity index is 660. The number of hydrogen-bond donors (Lipinski definition) is 4. The summed E-state index contributed by atoms with van der Waals surface area (Å²) in [5.74, 6) is 0. The summed E-state index contributed by atoms with van der Waals surface area (Å²) in [5.41, 5.74) is 0.741.